The molecule has 0 saturated carbocycles. The maximum atomic E-state index is 11.6. The van der Waals surface area contributed by atoms with E-state index < -0.39 is 34.3 Å². The molecule has 1 atom stereocenters. The van der Waals surface area contributed by atoms with Crippen LogP contribution in [-0.4, -0.2) is 49.3 Å². The third-order valence-electron chi connectivity index (χ3n) is 2.68. The van der Waals surface area contributed by atoms with Crippen molar-refractivity contribution in [1.82, 2.24) is 9.44 Å². The van der Waals surface area contributed by atoms with Crippen LogP contribution in [0.3, 0.4) is 0 Å². The molecule has 0 fully saturated rings. The number of carbonyl (C=O) groups is 3. The number of aliphatic carboxylic acids is 2. The van der Waals surface area contributed by atoms with E-state index >= 15 is 0 Å². The second kappa shape index (κ2) is 10.8. The van der Waals surface area contributed by atoms with Crippen molar-refractivity contribution in [1.29, 1.82) is 0 Å². The van der Waals surface area contributed by atoms with Crippen molar-refractivity contribution in [2.24, 2.45) is 0 Å². The number of hydrogen-bond acceptors (Lipinski definition) is 6. The Morgan fingerprint density at radius 1 is 1.13 bits per heavy atom. The van der Waals surface area contributed by atoms with Crippen LogP contribution in [0.2, 0.25) is 0 Å². The summed E-state index contributed by atoms with van der Waals surface area (Å²) in [6, 6.07) is -1.35. The monoisotopic (exact) mass is 354 g/mol. The molecule has 0 radical (unpaired) electrons. The summed E-state index contributed by atoms with van der Waals surface area (Å²) in [5.41, 5.74) is 0. The lowest BCUT2D eigenvalue weighted by Gasteiger charge is -2.15. The van der Waals surface area contributed by atoms with Gasteiger partial charge in [0.1, 0.15) is 6.04 Å². The molecule has 134 valence electrons. The van der Waals surface area contributed by atoms with E-state index in [1.807, 2.05) is 11.6 Å². The van der Waals surface area contributed by atoms with Gasteiger partial charge in [-0.25, -0.2) is 9.52 Å². The van der Waals surface area contributed by atoms with Gasteiger partial charge >= 0.3 is 28.2 Å². The molecule has 0 aromatic rings. The number of carbonyl (C=O) groups excluding carboxylic acids is 1. The molecule has 23 heavy (non-hydrogen) atoms. The average molecular weight is 354 g/mol. The summed E-state index contributed by atoms with van der Waals surface area (Å²) < 4.78 is 31.2. The summed E-state index contributed by atoms with van der Waals surface area (Å²) in [4.78, 5) is 32.5. The number of carboxylic acid groups (broad SMARTS) is 2. The van der Waals surface area contributed by atoms with Crippen LogP contribution in [0.1, 0.15) is 45.4 Å². The highest BCUT2D eigenvalue weighted by Crippen LogP contribution is 2.04. The lowest BCUT2D eigenvalue weighted by molar-refractivity contribution is -0.139. The van der Waals surface area contributed by atoms with Gasteiger partial charge in [-0.3, -0.25) is 9.59 Å². The summed E-state index contributed by atoms with van der Waals surface area (Å²) in [6.07, 6.45) is 0.722. The smallest absolute Gasteiger partial charge is 0.421 e. The zero-order valence-electron chi connectivity index (χ0n) is 12.8. The maximum Gasteiger partial charge on any atom is 0.421 e. The van der Waals surface area contributed by atoms with Crippen molar-refractivity contribution in [2.75, 3.05) is 6.61 Å². The van der Waals surface area contributed by atoms with Gasteiger partial charge in [0.05, 0.1) is 6.61 Å². The Kier molecular flexibility index (Phi) is 9.90. The lowest BCUT2D eigenvalue weighted by Crippen LogP contribution is -2.48. The summed E-state index contributed by atoms with van der Waals surface area (Å²) in [5, 5.41) is 17.4. The topological polar surface area (TPSA) is 159 Å². The molecule has 10 nitrogen and oxygen atoms in total. The van der Waals surface area contributed by atoms with Crippen LogP contribution in [0.15, 0.2) is 0 Å². The van der Waals surface area contributed by atoms with Gasteiger partial charge in [0.2, 0.25) is 0 Å². The predicted octanol–water partition coefficient (Wildman–Crippen LogP) is 0.445. The molecule has 4 N–H and O–H groups in total. The van der Waals surface area contributed by atoms with Crippen molar-refractivity contribution in [2.45, 2.75) is 51.5 Å². The first kappa shape index (κ1) is 21.1. The second-order valence-electron chi connectivity index (χ2n) is 4.74. The molecular weight excluding hydrogens is 332 g/mol. The number of rotatable bonds is 12. The van der Waals surface area contributed by atoms with E-state index in [1.165, 1.54) is 4.72 Å². The molecule has 0 rings (SSSR count). The van der Waals surface area contributed by atoms with E-state index in [2.05, 4.69) is 4.74 Å². The van der Waals surface area contributed by atoms with E-state index in [-0.39, 0.29) is 25.9 Å². The third-order valence-corrected chi connectivity index (χ3v) is 3.71. The van der Waals surface area contributed by atoms with Crippen LogP contribution in [0, 0.1) is 0 Å². The Hall–Kier alpha value is -1.88. The lowest BCUT2D eigenvalue weighted by atomic mass is 10.1. The fourth-order valence-electron chi connectivity index (χ4n) is 1.58. The quantitative estimate of drug-likeness (QED) is 0.367. The van der Waals surface area contributed by atoms with Gasteiger partial charge in [-0.2, -0.15) is 13.1 Å². The van der Waals surface area contributed by atoms with Crippen molar-refractivity contribution in [3.05, 3.63) is 0 Å². The molecule has 1 amide bonds. The number of nitrogens with one attached hydrogen (secondary N) is 2. The minimum Gasteiger partial charge on any atom is -0.481 e. The normalized spacial score (nSPS) is 12.4. The van der Waals surface area contributed by atoms with Gasteiger partial charge in [0.15, 0.2) is 0 Å². The molecule has 0 aromatic heterocycles. The number of carboxylic acids is 2. The second-order valence-corrected chi connectivity index (χ2v) is 6.19. The minimum absolute atomic E-state index is 0.0327. The maximum absolute atomic E-state index is 11.6. The summed E-state index contributed by atoms with van der Waals surface area (Å²) in [7, 11) is -4.39. The van der Waals surface area contributed by atoms with Crippen LogP contribution in [0.5, 0.6) is 0 Å². The summed E-state index contributed by atoms with van der Waals surface area (Å²) >= 11 is 0. The van der Waals surface area contributed by atoms with Crippen molar-refractivity contribution < 1.29 is 37.8 Å². The van der Waals surface area contributed by atoms with Crippen molar-refractivity contribution in [3.63, 3.8) is 0 Å². The highest BCUT2D eigenvalue weighted by Gasteiger charge is 2.25. The van der Waals surface area contributed by atoms with Crippen molar-refractivity contribution in [3.8, 4) is 0 Å². The van der Waals surface area contributed by atoms with Crippen LogP contribution >= 0.6 is 0 Å². The molecule has 0 saturated heterocycles. The standard InChI is InChI=1S/C12H22N2O8S/c1-2-3-4-6-9(11(17)18)13-23(20,21)14-12(19)22-8-5-7-10(15)16/h9,13H,2-8H2,1H3,(H,14,19)(H,15,16)(H,17,18). The Morgan fingerprint density at radius 3 is 2.30 bits per heavy atom. The van der Waals surface area contributed by atoms with Gasteiger partial charge in [-0.1, -0.05) is 26.2 Å². The molecule has 0 spiro atoms. The van der Waals surface area contributed by atoms with Crippen molar-refractivity contribution >= 4 is 28.2 Å². The number of amides is 1. The largest absolute Gasteiger partial charge is 0.481 e. The molecule has 0 bridgehead atoms. The molecular formula is C12H22N2O8S. The fourth-order valence-corrected chi connectivity index (χ4v) is 2.51. The molecule has 0 aliphatic carbocycles. The van der Waals surface area contributed by atoms with Gasteiger partial charge in [0.25, 0.3) is 0 Å². The number of unbranched alkanes of at least 4 members (excludes halogenated alkanes) is 2. The van der Waals surface area contributed by atoms with Crippen LogP contribution in [0.4, 0.5) is 4.79 Å². The summed E-state index contributed by atoms with van der Waals surface area (Å²) in [5.74, 6) is -2.42. The molecule has 0 aromatic carbocycles. The zero-order chi connectivity index (χ0) is 17.9. The molecule has 0 aliphatic rings. The third kappa shape index (κ3) is 11.4. The van der Waals surface area contributed by atoms with Crippen LogP contribution in [0.25, 0.3) is 0 Å². The van der Waals surface area contributed by atoms with Gasteiger partial charge < -0.3 is 14.9 Å². The Balaban J connectivity index is 4.34. The Morgan fingerprint density at radius 2 is 1.78 bits per heavy atom. The molecule has 11 heteroatoms. The van der Waals surface area contributed by atoms with E-state index in [1.54, 1.807) is 0 Å². The molecule has 1 unspecified atom stereocenters. The van der Waals surface area contributed by atoms with E-state index in [4.69, 9.17) is 10.2 Å². The first-order chi connectivity index (χ1) is 10.7. The number of hydrogen-bond donors (Lipinski definition) is 4. The van der Waals surface area contributed by atoms with Gasteiger partial charge in [-0.05, 0) is 12.8 Å². The zero-order valence-corrected chi connectivity index (χ0v) is 13.6. The SMILES string of the molecule is CCCCCC(NS(=O)(=O)NC(=O)OCCCC(=O)O)C(=O)O. The average Bonchev–Trinajstić information content (AvgIpc) is 2.41. The fraction of sp³-hybridized carbons (Fsp3) is 0.750. The Bertz CT molecular complexity index is 505. The van der Waals surface area contributed by atoms with E-state index in [0.717, 1.165) is 12.8 Å². The summed E-state index contributed by atoms with van der Waals surface area (Å²) in [6.45, 7) is 1.65. The molecule has 0 aliphatic heterocycles. The first-order valence-corrected chi connectivity index (χ1v) is 8.57. The van der Waals surface area contributed by atoms with Crippen LogP contribution < -0.4 is 9.44 Å². The predicted molar refractivity (Wildman–Crippen MR) is 79.0 cm³/mol. The minimum atomic E-state index is -4.39. The van der Waals surface area contributed by atoms with E-state index in [0.29, 0.717) is 6.42 Å². The highest BCUT2D eigenvalue weighted by molar-refractivity contribution is 7.88. The Labute approximate surface area is 134 Å². The molecule has 0 heterocycles. The highest BCUT2D eigenvalue weighted by atomic mass is 32.2. The number of ether oxygens (including phenoxy) is 1. The first-order valence-electron chi connectivity index (χ1n) is 7.09. The van der Waals surface area contributed by atoms with E-state index in [9.17, 15) is 22.8 Å². The van der Waals surface area contributed by atoms with Crippen LogP contribution in [-0.2, 0) is 24.5 Å². The van der Waals surface area contributed by atoms with Gasteiger partial charge in [-0.15, -0.1) is 0 Å². The van der Waals surface area contributed by atoms with Gasteiger partial charge in [0, 0.05) is 6.42 Å².